The molecular formula is C24H24Cl2N2O6S. The molecule has 0 aliphatic rings. The van der Waals surface area contributed by atoms with E-state index in [4.69, 9.17) is 43.1 Å². The number of carbonyl (C=O) groups excluding carboxylic acids is 1. The summed E-state index contributed by atoms with van der Waals surface area (Å²) in [4.78, 5) is 11.8. The van der Waals surface area contributed by atoms with Gasteiger partial charge in [0.25, 0.3) is 10.0 Å². The lowest BCUT2D eigenvalue weighted by Crippen LogP contribution is -2.39. The van der Waals surface area contributed by atoms with Crippen LogP contribution in [0.2, 0.25) is 10.0 Å². The number of halogens is 2. The van der Waals surface area contributed by atoms with Crippen LogP contribution in [-0.4, -0.2) is 42.2 Å². The van der Waals surface area contributed by atoms with Crippen molar-refractivity contribution in [2.75, 3.05) is 32.2 Å². The SMILES string of the molecule is COc1cc(OC)c(S(=O)(=O)N(CC(N)=O)c2ccc(Cl)cc2Cc2ccccc2Cl)cc1OC. The minimum absolute atomic E-state index is 0.00117. The molecule has 0 heterocycles. The molecule has 0 radical (unpaired) electrons. The topological polar surface area (TPSA) is 108 Å². The molecule has 1 amide bonds. The average Bonchev–Trinajstić information content (AvgIpc) is 2.83. The molecule has 0 spiro atoms. The number of rotatable bonds is 10. The molecule has 0 aliphatic carbocycles. The first kappa shape index (κ1) is 26.5. The lowest BCUT2D eigenvalue weighted by atomic mass is 10.0. The highest BCUT2D eigenvalue weighted by Crippen LogP contribution is 2.40. The van der Waals surface area contributed by atoms with Crippen molar-refractivity contribution in [1.29, 1.82) is 0 Å². The van der Waals surface area contributed by atoms with Gasteiger partial charge in [-0.1, -0.05) is 41.4 Å². The first-order valence-corrected chi connectivity index (χ1v) is 12.4. The molecule has 0 aromatic heterocycles. The number of sulfonamides is 1. The Morgan fingerprint density at radius 1 is 0.886 bits per heavy atom. The third-order valence-electron chi connectivity index (χ3n) is 5.19. The molecule has 8 nitrogen and oxygen atoms in total. The van der Waals surface area contributed by atoms with Crippen molar-refractivity contribution in [3.8, 4) is 17.2 Å². The summed E-state index contributed by atoms with van der Waals surface area (Å²) in [5.41, 5.74) is 6.95. The fourth-order valence-corrected chi connectivity index (χ4v) is 5.57. The molecular weight excluding hydrogens is 515 g/mol. The van der Waals surface area contributed by atoms with Crippen LogP contribution in [0.5, 0.6) is 17.2 Å². The highest BCUT2D eigenvalue weighted by molar-refractivity contribution is 7.93. The zero-order valence-corrected chi connectivity index (χ0v) is 21.6. The van der Waals surface area contributed by atoms with Crippen LogP contribution in [0.15, 0.2) is 59.5 Å². The number of methoxy groups -OCH3 is 3. The second-order valence-electron chi connectivity index (χ2n) is 7.38. The van der Waals surface area contributed by atoms with Gasteiger partial charge in [-0.3, -0.25) is 9.10 Å². The first-order chi connectivity index (χ1) is 16.6. The van der Waals surface area contributed by atoms with Gasteiger partial charge in [0.05, 0.1) is 27.0 Å². The molecule has 186 valence electrons. The largest absolute Gasteiger partial charge is 0.495 e. The van der Waals surface area contributed by atoms with Gasteiger partial charge in [-0.15, -0.1) is 0 Å². The van der Waals surface area contributed by atoms with Crippen LogP contribution >= 0.6 is 23.2 Å². The third-order valence-corrected chi connectivity index (χ3v) is 7.57. The summed E-state index contributed by atoms with van der Waals surface area (Å²) in [6.45, 7) is -0.628. The summed E-state index contributed by atoms with van der Waals surface area (Å²) in [6.07, 6.45) is 0.253. The van der Waals surface area contributed by atoms with Crippen LogP contribution in [0.3, 0.4) is 0 Å². The first-order valence-electron chi connectivity index (χ1n) is 10.2. The van der Waals surface area contributed by atoms with Crippen molar-refractivity contribution in [1.82, 2.24) is 0 Å². The monoisotopic (exact) mass is 538 g/mol. The van der Waals surface area contributed by atoms with E-state index in [9.17, 15) is 13.2 Å². The summed E-state index contributed by atoms with van der Waals surface area (Å²) in [6, 6.07) is 14.5. The number of anilines is 1. The lowest BCUT2D eigenvalue weighted by Gasteiger charge is -2.27. The Balaban J connectivity index is 2.23. The number of benzene rings is 3. The fourth-order valence-electron chi connectivity index (χ4n) is 3.55. The van der Waals surface area contributed by atoms with Crippen LogP contribution in [0.1, 0.15) is 11.1 Å². The number of nitrogens with two attached hydrogens (primary N) is 1. The Morgan fingerprint density at radius 2 is 1.51 bits per heavy atom. The van der Waals surface area contributed by atoms with Crippen molar-refractivity contribution in [3.05, 3.63) is 75.8 Å². The van der Waals surface area contributed by atoms with Gasteiger partial charge in [-0.2, -0.15) is 0 Å². The third kappa shape index (κ3) is 5.75. The fraction of sp³-hybridized carbons (Fsp3) is 0.208. The van der Waals surface area contributed by atoms with Crippen LogP contribution in [0, 0.1) is 0 Å². The number of nitrogens with zero attached hydrogens (tertiary/aromatic N) is 1. The van der Waals surface area contributed by atoms with Gasteiger partial charge in [-0.05, 0) is 35.4 Å². The molecule has 35 heavy (non-hydrogen) atoms. The van der Waals surface area contributed by atoms with E-state index >= 15 is 0 Å². The molecule has 3 aromatic rings. The van der Waals surface area contributed by atoms with Gasteiger partial charge < -0.3 is 19.9 Å². The van der Waals surface area contributed by atoms with Gasteiger partial charge in [0.15, 0.2) is 11.5 Å². The Bertz CT molecular complexity index is 1350. The molecule has 0 aliphatic heterocycles. The van der Waals surface area contributed by atoms with E-state index in [-0.39, 0.29) is 34.3 Å². The Kier molecular flexibility index (Phi) is 8.37. The molecule has 0 saturated heterocycles. The molecule has 0 fully saturated rings. The number of amides is 1. The van der Waals surface area contributed by atoms with Crippen LogP contribution in [0.25, 0.3) is 0 Å². The van der Waals surface area contributed by atoms with E-state index in [2.05, 4.69) is 0 Å². The second kappa shape index (κ2) is 11.1. The zero-order chi connectivity index (χ0) is 25.8. The predicted molar refractivity (Wildman–Crippen MR) is 136 cm³/mol. The molecule has 3 rings (SSSR count). The van der Waals surface area contributed by atoms with Gasteiger partial charge in [0, 0.05) is 28.6 Å². The molecule has 2 N–H and O–H groups in total. The van der Waals surface area contributed by atoms with Crippen molar-refractivity contribution >= 4 is 44.8 Å². The van der Waals surface area contributed by atoms with E-state index in [1.54, 1.807) is 18.2 Å². The molecule has 11 heteroatoms. The normalized spacial score (nSPS) is 11.1. The number of hydrogen-bond donors (Lipinski definition) is 1. The number of hydrogen-bond acceptors (Lipinski definition) is 6. The molecule has 0 saturated carbocycles. The Labute approximate surface area is 214 Å². The van der Waals surface area contributed by atoms with Gasteiger partial charge in [0.2, 0.25) is 5.91 Å². The maximum atomic E-state index is 14.0. The van der Waals surface area contributed by atoms with Crippen molar-refractivity contribution in [2.24, 2.45) is 5.73 Å². The van der Waals surface area contributed by atoms with Crippen molar-refractivity contribution in [3.63, 3.8) is 0 Å². The number of primary amides is 1. The van der Waals surface area contributed by atoms with E-state index in [0.29, 0.717) is 15.6 Å². The highest BCUT2D eigenvalue weighted by Gasteiger charge is 2.32. The Morgan fingerprint density at radius 3 is 2.11 bits per heavy atom. The molecule has 0 unspecified atom stereocenters. The predicted octanol–water partition coefficient (Wildman–Crippen LogP) is 4.29. The molecule has 0 bridgehead atoms. The average molecular weight is 539 g/mol. The summed E-state index contributed by atoms with van der Waals surface area (Å²) < 4.78 is 44.7. The summed E-state index contributed by atoms with van der Waals surface area (Å²) in [5.74, 6) is -0.417. The number of carbonyl (C=O) groups is 1. The Hall–Kier alpha value is -3.14. The second-order valence-corrected chi connectivity index (χ2v) is 10.1. The zero-order valence-electron chi connectivity index (χ0n) is 19.2. The van der Waals surface area contributed by atoms with E-state index < -0.39 is 22.5 Å². The minimum atomic E-state index is -4.39. The minimum Gasteiger partial charge on any atom is -0.495 e. The maximum Gasteiger partial charge on any atom is 0.268 e. The lowest BCUT2D eigenvalue weighted by molar-refractivity contribution is -0.116. The highest BCUT2D eigenvalue weighted by atomic mass is 35.5. The van der Waals surface area contributed by atoms with Crippen molar-refractivity contribution < 1.29 is 27.4 Å². The summed E-state index contributed by atoms with van der Waals surface area (Å²) in [7, 11) is -0.274. The standard InChI is InChI=1S/C24H24Cl2N2O6S/c1-32-20-12-22(34-3)23(13-21(20)33-2)35(30,31)28(14-24(27)29)19-9-8-17(25)11-16(19)10-15-6-4-5-7-18(15)26/h4-9,11-13H,10,14H2,1-3H3,(H2,27,29). The van der Waals surface area contributed by atoms with E-state index in [0.717, 1.165) is 9.87 Å². The van der Waals surface area contributed by atoms with Crippen molar-refractivity contribution in [2.45, 2.75) is 11.3 Å². The van der Waals surface area contributed by atoms with Gasteiger partial charge in [0.1, 0.15) is 17.2 Å². The van der Waals surface area contributed by atoms with Crippen LogP contribution in [0.4, 0.5) is 5.69 Å². The van der Waals surface area contributed by atoms with Gasteiger partial charge >= 0.3 is 0 Å². The van der Waals surface area contributed by atoms with Crippen LogP contribution in [-0.2, 0) is 21.2 Å². The summed E-state index contributed by atoms with van der Waals surface area (Å²) in [5, 5.41) is 0.889. The quantitative estimate of drug-likeness (QED) is 0.412. The van der Waals surface area contributed by atoms with E-state index in [1.807, 2.05) is 12.1 Å². The van der Waals surface area contributed by atoms with Gasteiger partial charge in [-0.25, -0.2) is 8.42 Å². The smallest absolute Gasteiger partial charge is 0.268 e. The van der Waals surface area contributed by atoms with E-state index in [1.165, 1.54) is 45.6 Å². The summed E-state index contributed by atoms with van der Waals surface area (Å²) >= 11 is 12.6. The van der Waals surface area contributed by atoms with Crippen LogP contribution < -0.4 is 24.2 Å². The number of ether oxygens (including phenoxy) is 3. The molecule has 3 aromatic carbocycles. The molecule has 0 atom stereocenters. The maximum absolute atomic E-state index is 14.0.